The minimum Gasteiger partial charge on any atom is -0.485 e. The van der Waals surface area contributed by atoms with E-state index >= 15 is 0 Å². The third kappa shape index (κ3) is 4.76. The zero-order valence-corrected chi connectivity index (χ0v) is 19.8. The lowest BCUT2D eigenvalue weighted by molar-refractivity contribution is -0.0722. The third-order valence-corrected chi connectivity index (χ3v) is 7.05. The molecule has 0 amide bonds. The number of nitrogens with zero attached hydrogens (tertiary/aromatic N) is 2. The molecule has 1 unspecified atom stereocenters. The van der Waals surface area contributed by atoms with Gasteiger partial charge in [0.05, 0.1) is 23.3 Å². The van der Waals surface area contributed by atoms with Gasteiger partial charge in [-0.05, 0) is 75.2 Å². The normalized spacial score (nSPS) is 24.0. The number of phosphoric acid groups is 1. The maximum atomic E-state index is 13.1. The Kier molecular flexibility index (Phi) is 5.76. The van der Waals surface area contributed by atoms with Crippen molar-refractivity contribution in [2.45, 2.75) is 63.9 Å². The highest BCUT2D eigenvalue weighted by atomic mass is 31.2. The van der Waals surface area contributed by atoms with Crippen molar-refractivity contribution in [2.24, 2.45) is 0 Å². The van der Waals surface area contributed by atoms with Gasteiger partial charge in [-0.2, -0.15) is 10.5 Å². The molecule has 0 aromatic heterocycles. The van der Waals surface area contributed by atoms with Crippen LogP contribution in [0.4, 0.5) is 0 Å². The lowest BCUT2D eigenvalue weighted by atomic mass is 9.90. The Bertz CT molecular complexity index is 1130. The first-order valence-electron chi connectivity index (χ1n) is 10.6. The van der Waals surface area contributed by atoms with Gasteiger partial charge in [-0.3, -0.25) is 9.05 Å². The molecule has 0 bridgehead atoms. The summed E-state index contributed by atoms with van der Waals surface area (Å²) >= 11 is 0. The Balaban J connectivity index is 1.54. The summed E-state index contributed by atoms with van der Waals surface area (Å²) in [4.78, 5) is 10.7. The Morgan fingerprint density at radius 3 is 1.64 bits per heavy atom. The van der Waals surface area contributed by atoms with Crippen LogP contribution in [-0.4, -0.2) is 28.3 Å². The highest BCUT2D eigenvalue weighted by Crippen LogP contribution is 2.52. The molecular formula is C24H25N2O6P. The molecule has 0 saturated heterocycles. The molecule has 2 aliphatic heterocycles. The van der Waals surface area contributed by atoms with E-state index in [0.29, 0.717) is 22.6 Å². The van der Waals surface area contributed by atoms with E-state index in [1.54, 1.807) is 64.1 Å². The van der Waals surface area contributed by atoms with Crippen molar-refractivity contribution in [2.75, 3.05) is 0 Å². The fourth-order valence-corrected chi connectivity index (χ4v) is 5.43. The zero-order chi connectivity index (χ0) is 24.0. The summed E-state index contributed by atoms with van der Waals surface area (Å²) < 4.78 is 36.3. The first-order valence-corrected chi connectivity index (χ1v) is 12.1. The van der Waals surface area contributed by atoms with Crippen molar-refractivity contribution in [3.8, 4) is 23.6 Å². The van der Waals surface area contributed by atoms with Gasteiger partial charge in [-0.25, -0.2) is 4.57 Å². The molecule has 0 saturated carbocycles. The van der Waals surface area contributed by atoms with Crippen molar-refractivity contribution in [3.05, 3.63) is 58.7 Å². The lowest BCUT2D eigenvalue weighted by Gasteiger charge is -2.42. The van der Waals surface area contributed by atoms with Gasteiger partial charge in [-0.1, -0.05) is 0 Å². The molecule has 0 aliphatic carbocycles. The second kappa shape index (κ2) is 8.17. The SMILES string of the molecule is CC1(C)Oc2ccc(C#N)cc2C[C@@H]1OP(=O)(O)O[C@@H]1Cc2cc(C#N)ccc2OC1(C)C. The number of hydrogen-bond donors (Lipinski definition) is 1. The minimum atomic E-state index is -4.54. The van der Waals surface area contributed by atoms with Crippen LogP contribution in [0.1, 0.15) is 49.9 Å². The molecule has 4 rings (SSSR count). The predicted octanol–water partition coefficient (Wildman–Crippen LogP) is 4.43. The number of phosphoric ester groups is 1. The van der Waals surface area contributed by atoms with E-state index in [1.165, 1.54) is 0 Å². The fraction of sp³-hybridized carbons (Fsp3) is 0.417. The summed E-state index contributed by atoms with van der Waals surface area (Å²) in [6, 6.07) is 14.3. The average molecular weight is 468 g/mol. The van der Waals surface area contributed by atoms with Gasteiger partial charge in [-0.15, -0.1) is 0 Å². The van der Waals surface area contributed by atoms with Gasteiger partial charge in [0, 0.05) is 12.8 Å². The van der Waals surface area contributed by atoms with Crippen LogP contribution in [-0.2, 0) is 26.5 Å². The number of ether oxygens (including phenoxy) is 2. The van der Waals surface area contributed by atoms with Crippen LogP contribution in [0.15, 0.2) is 36.4 Å². The molecule has 2 aliphatic rings. The van der Waals surface area contributed by atoms with Gasteiger partial charge in [0.25, 0.3) is 0 Å². The molecule has 2 heterocycles. The van der Waals surface area contributed by atoms with Gasteiger partial charge in [0.1, 0.15) is 34.9 Å². The quantitative estimate of drug-likeness (QED) is 0.654. The topological polar surface area (TPSA) is 122 Å². The van der Waals surface area contributed by atoms with Crippen LogP contribution in [0.25, 0.3) is 0 Å². The molecule has 0 spiro atoms. The molecule has 33 heavy (non-hydrogen) atoms. The molecule has 172 valence electrons. The molecule has 0 fully saturated rings. The largest absolute Gasteiger partial charge is 0.485 e. The van der Waals surface area contributed by atoms with Crippen LogP contribution >= 0.6 is 7.82 Å². The van der Waals surface area contributed by atoms with E-state index in [1.807, 2.05) is 0 Å². The molecular weight excluding hydrogens is 443 g/mol. The standard InChI is InChI=1S/C24H25N2O6P/c1-23(2)21(11-17-9-15(13-25)5-7-19(17)29-23)31-33(27,28)32-22-12-18-10-16(14-26)6-8-20(18)30-24(22,3)4/h5-10,21-22H,11-12H2,1-4H3,(H,27,28)/t21-,22+. The Morgan fingerprint density at radius 1 is 0.879 bits per heavy atom. The molecule has 3 atom stereocenters. The summed E-state index contributed by atoms with van der Waals surface area (Å²) in [5, 5.41) is 18.3. The maximum Gasteiger partial charge on any atom is 0.473 e. The number of hydrogen-bond acceptors (Lipinski definition) is 7. The second-order valence-electron chi connectivity index (χ2n) is 9.34. The average Bonchev–Trinajstić information content (AvgIpc) is 2.73. The number of fused-ring (bicyclic) bond motifs is 2. The molecule has 1 N–H and O–H groups in total. The van der Waals surface area contributed by atoms with Gasteiger partial charge < -0.3 is 14.4 Å². The Morgan fingerprint density at radius 2 is 1.27 bits per heavy atom. The predicted molar refractivity (Wildman–Crippen MR) is 119 cm³/mol. The van der Waals surface area contributed by atoms with Gasteiger partial charge in [0.2, 0.25) is 0 Å². The van der Waals surface area contributed by atoms with Crippen LogP contribution in [0.2, 0.25) is 0 Å². The Labute approximate surface area is 192 Å². The molecule has 9 heteroatoms. The van der Waals surface area contributed by atoms with Gasteiger partial charge in [0.15, 0.2) is 0 Å². The van der Waals surface area contributed by atoms with Crippen LogP contribution in [0, 0.1) is 22.7 Å². The van der Waals surface area contributed by atoms with E-state index in [2.05, 4.69) is 12.1 Å². The number of benzene rings is 2. The van der Waals surface area contributed by atoms with Crippen LogP contribution in [0.5, 0.6) is 11.5 Å². The van der Waals surface area contributed by atoms with Crippen molar-refractivity contribution in [3.63, 3.8) is 0 Å². The minimum absolute atomic E-state index is 0.282. The zero-order valence-electron chi connectivity index (χ0n) is 18.9. The van der Waals surface area contributed by atoms with E-state index in [9.17, 15) is 20.0 Å². The first kappa shape index (κ1) is 23.3. The van der Waals surface area contributed by atoms with Crippen LogP contribution < -0.4 is 9.47 Å². The Hall–Kier alpha value is -2.87. The van der Waals surface area contributed by atoms with Crippen molar-refractivity contribution >= 4 is 7.82 Å². The maximum absolute atomic E-state index is 13.1. The van der Waals surface area contributed by atoms with E-state index in [0.717, 1.165) is 11.1 Å². The molecule has 2 aromatic carbocycles. The van der Waals surface area contributed by atoms with Crippen molar-refractivity contribution < 1.29 is 28.0 Å². The first-order chi connectivity index (χ1) is 15.4. The van der Waals surface area contributed by atoms with E-state index in [-0.39, 0.29) is 12.8 Å². The molecule has 8 nitrogen and oxygen atoms in total. The lowest BCUT2D eigenvalue weighted by Crippen LogP contribution is -2.49. The second-order valence-corrected chi connectivity index (χ2v) is 10.7. The van der Waals surface area contributed by atoms with E-state index < -0.39 is 31.2 Å². The van der Waals surface area contributed by atoms with Crippen molar-refractivity contribution in [1.29, 1.82) is 10.5 Å². The highest BCUT2D eigenvalue weighted by Gasteiger charge is 2.46. The highest BCUT2D eigenvalue weighted by molar-refractivity contribution is 7.47. The summed E-state index contributed by atoms with van der Waals surface area (Å²) in [5.41, 5.74) is 0.563. The van der Waals surface area contributed by atoms with Crippen molar-refractivity contribution in [1.82, 2.24) is 0 Å². The smallest absolute Gasteiger partial charge is 0.473 e. The molecule has 2 aromatic rings. The number of nitriles is 2. The van der Waals surface area contributed by atoms with Gasteiger partial charge >= 0.3 is 7.82 Å². The fourth-order valence-electron chi connectivity index (χ4n) is 4.08. The third-order valence-electron chi connectivity index (χ3n) is 6.01. The molecule has 0 radical (unpaired) electrons. The summed E-state index contributed by atoms with van der Waals surface area (Å²) in [6.07, 6.45) is -1.02. The van der Waals surface area contributed by atoms with E-state index in [4.69, 9.17) is 18.5 Å². The summed E-state index contributed by atoms with van der Waals surface area (Å²) in [6.45, 7) is 7.08. The number of rotatable bonds is 4. The summed E-state index contributed by atoms with van der Waals surface area (Å²) in [7, 11) is -4.54. The summed E-state index contributed by atoms with van der Waals surface area (Å²) in [5.74, 6) is 1.22. The monoisotopic (exact) mass is 468 g/mol. The van der Waals surface area contributed by atoms with Crippen LogP contribution in [0.3, 0.4) is 0 Å².